The van der Waals surface area contributed by atoms with Gasteiger partial charge in [-0.05, 0) is 69.6 Å². The highest BCUT2D eigenvalue weighted by Gasteiger charge is 2.33. The number of halogens is 3. The average molecular weight is 652 g/mol. The Kier molecular flexibility index (Phi) is 8.44. The number of fused-ring (bicyclic) bond motifs is 1. The van der Waals surface area contributed by atoms with Crippen molar-refractivity contribution in [1.29, 1.82) is 0 Å². The minimum atomic E-state index is -4.63. The summed E-state index contributed by atoms with van der Waals surface area (Å²) >= 11 is 0. The summed E-state index contributed by atoms with van der Waals surface area (Å²) in [6.07, 6.45) is 1.24. The zero-order valence-corrected chi connectivity index (χ0v) is 25.6. The van der Waals surface area contributed by atoms with Gasteiger partial charge in [0.2, 0.25) is 5.91 Å². The SMILES string of the molecule is CC(C)(O)c1cc2nc(C3CCN(Cc4ccncc4N4CCC(=O)NC4=O)CC3)oc2cc1NC(=O)c1ccc(C(F)(F)F)nc1. The zero-order valence-electron chi connectivity index (χ0n) is 25.6. The lowest BCUT2D eigenvalue weighted by Gasteiger charge is -2.33. The minimum absolute atomic E-state index is 0.0105. The number of imide groups is 1. The third kappa shape index (κ3) is 6.95. The highest BCUT2D eigenvalue weighted by Crippen LogP contribution is 2.36. The summed E-state index contributed by atoms with van der Waals surface area (Å²) < 4.78 is 44.9. The van der Waals surface area contributed by atoms with E-state index in [0.717, 1.165) is 49.8 Å². The molecule has 0 saturated carbocycles. The Balaban J connectivity index is 1.16. The minimum Gasteiger partial charge on any atom is -0.440 e. The molecule has 1 aromatic carbocycles. The van der Waals surface area contributed by atoms with Gasteiger partial charge in [0, 0.05) is 49.5 Å². The van der Waals surface area contributed by atoms with E-state index in [1.807, 2.05) is 6.07 Å². The first kappa shape index (κ1) is 32.1. The number of carbonyl (C=O) groups is 3. The highest BCUT2D eigenvalue weighted by molar-refractivity contribution is 6.06. The number of pyridine rings is 2. The van der Waals surface area contributed by atoms with Crippen molar-refractivity contribution < 1.29 is 37.1 Å². The molecule has 2 aliphatic rings. The number of urea groups is 1. The van der Waals surface area contributed by atoms with Gasteiger partial charge < -0.3 is 14.8 Å². The summed E-state index contributed by atoms with van der Waals surface area (Å²) in [5.74, 6) is -0.465. The number of anilines is 2. The molecule has 15 heteroatoms. The Morgan fingerprint density at radius 3 is 2.53 bits per heavy atom. The number of piperidine rings is 1. The van der Waals surface area contributed by atoms with E-state index in [0.29, 0.717) is 34.8 Å². The van der Waals surface area contributed by atoms with Crippen molar-refractivity contribution in [2.24, 2.45) is 0 Å². The molecular weight excluding hydrogens is 619 g/mol. The Morgan fingerprint density at radius 2 is 1.87 bits per heavy atom. The Bertz CT molecular complexity index is 1830. The van der Waals surface area contributed by atoms with Crippen molar-refractivity contribution in [3.8, 4) is 0 Å². The van der Waals surface area contributed by atoms with Crippen LogP contribution in [0.3, 0.4) is 0 Å². The zero-order chi connectivity index (χ0) is 33.5. The maximum Gasteiger partial charge on any atom is 0.433 e. The second-order valence-electron chi connectivity index (χ2n) is 12.2. The predicted octanol–water partition coefficient (Wildman–Crippen LogP) is 4.94. The van der Waals surface area contributed by atoms with Crippen molar-refractivity contribution >= 4 is 40.3 Å². The Hall–Kier alpha value is -4.89. The summed E-state index contributed by atoms with van der Waals surface area (Å²) in [7, 11) is 0. The van der Waals surface area contributed by atoms with E-state index in [1.54, 1.807) is 38.4 Å². The Morgan fingerprint density at radius 1 is 1.11 bits per heavy atom. The summed E-state index contributed by atoms with van der Waals surface area (Å²) in [6, 6.07) is 6.37. The van der Waals surface area contributed by atoms with Gasteiger partial charge in [0.25, 0.3) is 5.91 Å². The molecule has 0 aliphatic carbocycles. The van der Waals surface area contributed by atoms with E-state index in [4.69, 9.17) is 9.40 Å². The van der Waals surface area contributed by atoms with Crippen LogP contribution in [-0.2, 0) is 23.1 Å². The number of amides is 4. The first-order valence-corrected chi connectivity index (χ1v) is 15.0. The standard InChI is InChI=1S/C32H32F3N7O5/c1-31(2,46)21-13-23-25(14-22(21)38-28(44)19-3-4-26(37-15-19)32(33,34)35)47-29(39-23)18-6-10-41(11-7-18)17-20-5-9-36-16-24(20)42-12-8-27(43)40-30(42)45/h3-5,9,13-16,18,46H,6-8,10-12,17H2,1-2H3,(H,38,44)(H,40,43,45). The molecule has 2 saturated heterocycles. The van der Waals surface area contributed by atoms with E-state index in [2.05, 4.69) is 25.5 Å². The van der Waals surface area contributed by atoms with Crippen LogP contribution in [-0.4, -0.2) is 62.4 Å². The molecule has 4 aromatic rings. The summed E-state index contributed by atoms with van der Waals surface area (Å²) in [5, 5.41) is 15.9. The number of benzene rings is 1. The number of hydrogen-bond donors (Lipinski definition) is 3. The van der Waals surface area contributed by atoms with Crippen LogP contribution in [0.2, 0.25) is 0 Å². The molecule has 47 heavy (non-hydrogen) atoms. The quantitative estimate of drug-likeness (QED) is 0.252. The van der Waals surface area contributed by atoms with Crippen LogP contribution in [0.4, 0.5) is 29.3 Å². The van der Waals surface area contributed by atoms with Gasteiger partial charge in [-0.15, -0.1) is 0 Å². The van der Waals surface area contributed by atoms with Gasteiger partial charge >= 0.3 is 12.2 Å². The molecule has 3 N–H and O–H groups in total. The van der Waals surface area contributed by atoms with Gasteiger partial charge in [-0.3, -0.25) is 34.7 Å². The fourth-order valence-electron chi connectivity index (χ4n) is 5.83. The number of likely N-dealkylation sites (tertiary alicyclic amines) is 1. The average Bonchev–Trinajstić information content (AvgIpc) is 3.44. The van der Waals surface area contributed by atoms with Crippen LogP contribution in [0, 0.1) is 0 Å². The van der Waals surface area contributed by atoms with E-state index in [1.165, 1.54) is 4.90 Å². The lowest BCUT2D eigenvalue weighted by Crippen LogP contribution is -2.50. The van der Waals surface area contributed by atoms with E-state index < -0.39 is 29.4 Å². The number of rotatable bonds is 7. The predicted molar refractivity (Wildman–Crippen MR) is 163 cm³/mol. The normalized spacial score (nSPS) is 16.9. The maximum absolute atomic E-state index is 12.9. The van der Waals surface area contributed by atoms with Crippen LogP contribution >= 0.6 is 0 Å². The molecule has 4 amide bonds. The number of carbonyl (C=O) groups excluding carboxylic acids is 3. The van der Waals surface area contributed by atoms with E-state index >= 15 is 0 Å². The second kappa shape index (κ2) is 12.4. The fraction of sp³-hybridized carbons (Fsp3) is 0.375. The van der Waals surface area contributed by atoms with Crippen LogP contribution < -0.4 is 15.5 Å². The number of nitrogens with zero attached hydrogens (tertiary/aromatic N) is 5. The molecule has 0 atom stereocenters. The van der Waals surface area contributed by atoms with E-state index in [-0.39, 0.29) is 36.0 Å². The van der Waals surface area contributed by atoms with Crippen LogP contribution in [0.1, 0.15) is 72.1 Å². The molecule has 0 bridgehead atoms. The number of nitrogens with one attached hydrogen (secondary N) is 2. The fourth-order valence-corrected chi connectivity index (χ4v) is 5.83. The number of alkyl halides is 3. The molecule has 12 nitrogen and oxygen atoms in total. The van der Waals surface area contributed by atoms with Crippen LogP contribution in [0.15, 0.2) is 53.3 Å². The molecule has 2 aliphatic heterocycles. The van der Waals surface area contributed by atoms with Gasteiger partial charge in [0.15, 0.2) is 11.5 Å². The largest absolute Gasteiger partial charge is 0.440 e. The lowest BCUT2D eigenvalue weighted by atomic mass is 9.95. The van der Waals surface area contributed by atoms with Crippen LogP contribution in [0.5, 0.6) is 0 Å². The first-order chi connectivity index (χ1) is 22.3. The van der Waals surface area contributed by atoms with Crippen molar-refractivity contribution in [3.05, 3.63) is 77.2 Å². The third-order valence-electron chi connectivity index (χ3n) is 8.33. The van der Waals surface area contributed by atoms with Crippen molar-refractivity contribution in [1.82, 2.24) is 25.2 Å². The number of oxazole rings is 1. The smallest absolute Gasteiger partial charge is 0.433 e. The van der Waals surface area contributed by atoms with Gasteiger partial charge in [-0.25, -0.2) is 9.78 Å². The molecule has 2 fully saturated rings. The maximum atomic E-state index is 12.9. The lowest BCUT2D eigenvalue weighted by molar-refractivity contribution is -0.141. The number of hydrogen-bond acceptors (Lipinski definition) is 9. The van der Waals surface area contributed by atoms with Crippen LogP contribution in [0.25, 0.3) is 11.1 Å². The highest BCUT2D eigenvalue weighted by atomic mass is 19.4. The number of aromatic nitrogens is 3. The third-order valence-corrected chi connectivity index (χ3v) is 8.33. The first-order valence-electron chi connectivity index (χ1n) is 15.0. The topological polar surface area (TPSA) is 154 Å². The van der Waals surface area contributed by atoms with Gasteiger partial charge in [-0.2, -0.15) is 13.2 Å². The molecule has 0 radical (unpaired) electrons. The Labute approximate surface area is 267 Å². The molecule has 246 valence electrons. The summed E-state index contributed by atoms with van der Waals surface area (Å²) in [5.41, 5.74) is 0.461. The van der Waals surface area contributed by atoms with Crippen molar-refractivity contribution in [2.75, 3.05) is 29.9 Å². The molecule has 0 unspecified atom stereocenters. The monoisotopic (exact) mass is 651 g/mol. The van der Waals surface area contributed by atoms with Crippen molar-refractivity contribution in [3.63, 3.8) is 0 Å². The van der Waals surface area contributed by atoms with Gasteiger partial charge in [-0.1, -0.05) is 0 Å². The van der Waals surface area contributed by atoms with Crippen molar-refractivity contribution in [2.45, 2.75) is 57.3 Å². The molecule has 3 aromatic heterocycles. The van der Waals surface area contributed by atoms with Gasteiger partial charge in [0.05, 0.1) is 28.7 Å². The molecule has 0 spiro atoms. The molecule has 6 rings (SSSR count). The summed E-state index contributed by atoms with van der Waals surface area (Å²) in [6.45, 7) is 5.43. The summed E-state index contributed by atoms with van der Waals surface area (Å²) in [4.78, 5) is 53.0. The number of aliphatic hydroxyl groups is 1. The molecule has 5 heterocycles. The van der Waals surface area contributed by atoms with E-state index in [9.17, 15) is 32.7 Å². The second-order valence-corrected chi connectivity index (χ2v) is 12.2. The van der Waals surface area contributed by atoms with Gasteiger partial charge in [0.1, 0.15) is 11.2 Å². The molecular formula is C32H32F3N7O5.